The molecule has 19 heavy (non-hydrogen) atoms. The molecule has 4 heteroatoms. The number of benzene rings is 1. The fourth-order valence-corrected chi connectivity index (χ4v) is 2.46. The normalized spacial score (nSPS) is 20.3. The fraction of sp³-hybridized carbons (Fsp3) is 0.533. The van der Waals surface area contributed by atoms with Crippen LogP contribution in [0.25, 0.3) is 0 Å². The molecule has 4 nitrogen and oxygen atoms in total. The quantitative estimate of drug-likeness (QED) is 0.876. The maximum Gasteiger partial charge on any atom is 0.241 e. The standard InChI is InChI=1S/C15H23N3O/c1-12-6-4-5-7-13(12)11-18(3)15(19)14-10-16-8-9-17(14)2/h4-7,14,16H,8-11H2,1-3H3. The summed E-state index contributed by atoms with van der Waals surface area (Å²) in [5.74, 6) is 0.193. The lowest BCUT2D eigenvalue weighted by atomic mass is 10.1. The first-order chi connectivity index (χ1) is 9.09. The van der Waals surface area contributed by atoms with Crippen molar-refractivity contribution in [2.24, 2.45) is 0 Å². The van der Waals surface area contributed by atoms with Crippen LogP contribution in [0.2, 0.25) is 0 Å². The van der Waals surface area contributed by atoms with Crippen LogP contribution in [0.5, 0.6) is 0 Å². The van der Waals surface area contributed by atoms with Crippen molar-refractivity contribution in [3.63, 3.8) is 0 Å². The lowest BCUT2D eigenvalue weighted by molar-refractivity contribution is -0.136. The van der Waals surface area contributed by atoms with Gasteiger partial charge in [-0.2, -0.15) is 0 Å². The minimum Gasteiger partial charge on any atom is -0.340 e. The number of aryl methyl sites for hydroxylation is 1. The Hall–Kier alpha value is -1.39. The number of nitrogens with one attached hydrogen (secondary N) is 1. The van der Waals surface area contributed by atoms with E-state index in [0.717, 1.165) is 19.6 Å². The Bertz CT molecular complexity index is 447. The molecule has 0 aromatic heterocycles. The number of carbonyl (C=O) groups excluding carboxylic acids is 1. The molecule has 2 rings (SSSR count). The topological polar surface area (TPSA) is 35.6 Å². The van der Waals surface area contributed by atoms with Crippen LogP contribution in [0.3, 0.4) is 0 Å². The number of hydrogen-bond acceptors (Lipinski definition) is 3. The van der Waals surface area contributed by atoms with E-state index in [1.165, 1.54) is 11.1 Å². The van der Waals surface area contributed by atoms with E-state index in [1.54, 1.807) is 0 Å². The van der Waals surface area contributed by atoms with Crippen LogP contribution in [0.1, 0.15) is 11.1 Å². The lowest BCUT2D eigenvalue weighted by Gasteiger charge is -2.34. The molecule has 1 fully saturated rings. The Morgan fingerprint density at radius 3 is 2.89 bits per heavy atom. The summed E-state index contributed by atoms with van der Waals surface area (Å²) in [6.45, 7) is 5.39. The van der Waals surface area contributed by atoms with E-state index in [9.17, 15) is 4.79 Å². The molecular formula is C15H23N3O. The van der Waals surface area contributed by atoms with Crippen LogP contribution >= 0.6 is 0 Å². The van der Waals surface area contributed by atoms with Crippen LogP contribution in [0, 0.1) is 6.92 Å². The van der Waals surface area contributed by atoms with Gasteiger partial charge in [-0.05, 0) is 25.1 Å². The van der Waals surface area contributed by atoms with Crippen molar-refractivity contribution >= 4 is 5.91 Å². The largest absolute Gasteiger partial charge is 0.340 e. The number of likely N-dealkylation sites (N-methyl/N-ethyl adjacent to an activating group) is 2. The second-order valence-electron chi connectivity index (χ2n) is 5.32. The van der Waals surface area contributed by atoms with E-state index < -0.39 is 0 Å². The van der Waals surface area contributed by atoms with Crippen molar-refractivity contribution in [2.45, 2.75) is 19.5 Å². The van der Waals surface area contributed by atoms with E-state index in [4.69, 9.17) is 0 Å². The lowest BCUT2D eigenvalue weighted by Crippen LogP contribution is -2.56. The molecule has 1 aliphatic rings. The minimum absolute atomic E-state index is 0.0391. The van der Waals surface area contributed by atoms with E-state index >= 15 is 0 Å². The molecule has 1 heterocycles. The number of amides is 1. The van der Waals surface area contributed by atoms with Crippen molar-refractivity contribution in [1.29, 1.82) is 0 Å². The predicted molar refractivity (Wildman–Crippen MR) is 76.9 cm³/mol. The molecule has 1 aromatic rings. The summed E-state index contributed by atoms with van der Waals surface area (Å²) in [7, 11) is 3.90. The van der Waals surface area contributed by atoms with Gasteiger partial charge >= 0.3 is 0 Å². The fourth-order valence-electron chi connectivity index (χ4n) is 2.46. The maximum atomic E-state index is 12.5. The summed E-state index contributed by atoms with van der Waals surface area (Å²) >= 11 is 0. The highest BCUT2D eigenvalue weighted by Crippen LogP contribution is 2.11. The van der Waals surface area contributed by atoms with Crippen LogP contribution in [0.15, 0.2) is 24.3 Å². The monoisotopic (exact) mass is 261 g/mol. The van der Waals surface area contributed by atoms with Crippen LogP contribution in [0.4, 0.5) is 0 Å². The Morgan fingerprint density at radius 1 is 1.47 bits per heavy atom. The first-order valence-electron chi connectivity index (χ1n) is 6.80. The molecule has 1 amide bonds. The summed E-state index contributed by atoms with van der Waals surface area (Å²) in [6.07, 6.45) is 0. The van der Waals surface area contributed by atoms with Crippen molar-refractivity contribution < 1.29 is 4.79 Å². The molecule has 1 aliphatic heterocycles. The number of nitrogens with zero attached hydrogens (tertiary/aromatic N) is 2. The van der Waals surface area contributed by atoms with Crippen molar-refractivity contribution in [3.8, 4) is 0 Å². The van der Waals surface area contributed by atoms with E-state index in [0.29, 0.717) is 6.54 Å². The molecule has 0 aliphatic carbocycles. The second-order valence-corrected chi connectivity index (χ2v) is 5.32. The molecule has 0 spiro atoms. The highest BCUT2D eigenvalue weighted by molar-refractivity contribution is 5.82. The molecule has 1 atom stereocenters. The first kappa shape index (κ1) is 14.0. The zero-order valence-corrected chi connectivity index (χ0v) is 12.0. The van der Waals surface area contributed by atoms with Crippen molar-refractivity contribution in [3.05, 3.63) is 35.4 Å². The van der Waals surface area contributed by atoms with E-state index in [-0.39, 0.29) is 11.9 Å². The third-order valence-corrected chi connectivity index (χ3v) is 3.84. The van der Waals surface area contributed by atoms with Gasteiger partial charge in [-0.3, -0.25) is 9.69 Å². The highest BCUT2D eigenvalue weighted by Gasteiger charge is 2.28. The van der Waals surface area contributed by atoms with Crippen LogP contribution in [-0.2, 0) is 11.3 Å². The smallest absolute Gasteiger partial charge is 0.241 e. The van der Waals surface area contributed by atoms with Gasteiger partial charge in [0, 0.05) is 33.2 Å². The third kappa shape index (κ3) is 3.33. The third-order valence-electron chi connectivity index (χ3n) is 3.84. The Balaban J connectivity index is 2.01. The van der Waals surface area contributed by atoms with Crippen LogP contribution < -0.4 is 5.32 Å². The number of rotatable bonds is 3. The van der Waals surface area contributed by atoms with Gasteiger partial charge in [0.2, 0.25) is 5.91 Å². The zero-order chi connectivity index (χ0) is 13.8. The highest BCUT2D eigenvalue weighted by atomic mass is 16.2. The van der Waals surface area contributed by atoms with E-state index in [2.05, 4.69) is 29.3 Å². The zero-order valence-electron chi connectivity index (χ0n) is 12.0. The molecule has 104 valence electrons. The van der Waals surface area contributed by atoms with Gasteiger partial charge < -0.3 is 10.2 Å². The molecule has 0 bridgehead atoms. The number of piperazine rings is 1. The Morgan fingerprint density at radius 2 is 2.21 bits per heavy atom. The predicted octanol–water partition coefficient (Wildman–Crippen LogP) is 0.857. The molecular weight excluding hydrogens is 238 g/mol. The summed E-state index contributed by atoms with van der Waals surface area (Å²) in [5, 5.41) is 3.29. The van der Waals surface area contributed by atoms with Gasteiger partial charge in [-0.25, -0.2) is 0 Å². The molecule has 0 radical (unpaired) electrons. The average Bonchev–Trinajstić information content (AvgIpc) is 2.41. The minimum atomic E-state index is -0.0391. The van der Waals surface area contributed by atoms with Gasteiger partial charge in [-0.15, -0.1) is 0 Å². The number of carbonyl (C=O) groups is 1. The van der Waals surface area contributed by atoms with Gasteiger partial charge in [0.1, 0.15) is 6.04 Å². The summed E-state index contributed by atoms with van der Waals surface area (Å²) in [4.78, 5) is 16.4. The SMILES string of the molecule is Cc1ccccc1CN(C)C(=O)C1CNCCN1C. The maximum absolute atomic E-state index is 12.5. The van der Waals surface area contributed by atoms with Gasteiger partial charge in [-0.1, -0.05) is 24.3 Å². The summed E-state index contributed by atoms with van der Waals surface area (Å²) in [6, 6.07) is 8.18. The molecule has 0 saturated carbocycles. The Labute approximate surface area is 115 Å². The van der Waals surface area contributed by atoms with Gasteiger partial charge in [0.05, 0.1) is 0 Å². The van der Waals surface area contributed by atoms with Gasteiger partial charge in [0.25, 0.3) is 0 Å². The molecule has 1 unspecified atom stereocenters. The molecule has 1 aromatic carbocycles. The van der Waals surface area contributed by atoms with Crippen molar-refractivity contribution in [2.75, 3.05) is 33.7 Å². The van der Waals surface area contributed by atoms with Crippen molar-refractivity contribution in [1.82, 2.24) is 15.1 Å². The molecule has 1 N–H and O–H groups in total. The summed E-state index contributed by atoms with van der Waals surface area (Å²) < 4.78 is 0. The Kier molecular flexibility index (Phi) is 4.56. The average molecular weight is 261 g/mol. The van der Waals surface area contributed by atoms with E-state index in [1.807, 2.05) is 31.1 Å². The van der Waals surface area contributed by atoms with Crippen LogP contribution in [-0.4, -0.2) is 55.5 Å². The molecule has 1 saturated heterocycles. The van der Waals surface area contributed by atoms with Gasteiger partial charge in [0.15, 0.2) is 0 Å². The summed E-state index contributed by atoms with van der Waals surface area (Å²) in [5.41, 5.74) is 2.45. The number of hydrogen-bond donors (Lipinski definition) is 1. The first-order valence-corrected chi connectivity index (χ1v) is 6.80. The second kappa shape index (κ2) is 6.17.